The molecule has 0 aliphatic carbocycles. The molecule has 0 radical (unpaired) electrons. The number of benzene rings is 2. The van der Waals surface area contributed by atoms with E-state index < -0.39 is 0 Å². The monoisotopic (exact) mass is 324 g/mol. The molecule has 1 atom stereocenters. The summed E-state index contributed by atoms with van der Waals surface area (Å²) in [7, 11) is 0. The van der Waals surface area contributed by atoms with E-state index in [2.05, 4.69) is 19.2 Å². The van der Waals surface area contributed by atoms with Crippen LogP contribution in [0.5, 0.6) is 5.75 Å². The van der Waals surface area contributed by atoms with Crippen LogP contribution in [0.25, 0.3) is 0 Å². The first kappa shape index (κ1) is 16.4. The number of hydrogen-bond acceptors (Lipinski definition) is 3. The molecule has 2 aromatic rings. The van der Waals surface area contributed by atoms with Crippen LogP contribution in [0, 0.1) is 12.8 Å². The number of nitrogens with one attached hydrogen (secondary N) is 1. The second kappa shape index (κ2) is 6.95. The van der Waals surface area contributed by atoms with Crippen LogP contribution in [0.4, 0.5) is 11.4 Å². The van der Waals surface area contributed by atoms with Gasteiger partial charge in [-0.25, -0.2) is 0 Å². The molecule has 4 heteroatoms. The first-order chi connectivity index (χ1) is 11.6. The van der Waals surface area contributed by atoms with E-state index in [4.69, 9.17) is 4.74 Å². The highest BCUT2D eigenvalue weighted by molar-refractivity contribution is 6.05. The van der Waals surface area contributed by atoms with Crippen molar-refractivity contribution in [2.24, 2.45) is 5.92 Å². The summed E-state index contributed by atoms with van der Waals surface area (Å²) in [5.41, 5.74) is 3.13. The number of aryl methyl sites for hydroxylation is 1. The van der Waals surface area contributed by atoms with Gasteiger partial charge in [-0.1, -0.05) is 43.7 Å². The number of carbonyl (C=O) groups excluding carboxylic acids is 1. The van der Waals surface area contributed by atoms with Gasteiger partial charge < -0.3 is 15.0 Å². The standard InChI is InChI=1S/C20H24N2O2/c1-14(2)19-20(23)22(18-7-5-4-6-17(18)21-19)12-13-24-16-10-8-15(3)9-11-16/h4-11,14,19,21H,12-13H2,1-3H3. The molecular formula is C20H24N2O2. The maximum atomic E-state index is 12.8. The molecule has 0 saturated heterocycles. The van der Waals surface area contributed by atoms with E-state index in [9.17, 15) is 4.79 Å². The molecule has 1 unspecified atom stereocenters. The number of carbonyl (C=O) groups is 1. The highest BCUT2D eigenvalue weighted by Crippen LogP contribution is 2.32. The van der Waals surface area contributed by atoms with Gasteiger partial charge in [0.25, 0.3) is 0 Å². The Morgan fingerprint density at radius 3 is 2.54 bits per heavy atom. The largest absolute Gasteiger partial charge is 0.492 e. The molecule has 2 aromatic carbocycles. The van der Waals surface area contributed by atoms with Crippen LogP contribution in [0.15, 0.2) is 48.5 Å². The lowest BCUT2D eigenvalue weighted by molar-refractivity contribution is -0.120. The van der Waals surface area contributed by atoms with E-state index in [1.54, 1.807) is 0 Å². The van der Waals surface area contributed by atoms with Gasteiger partial charge in [-0.3, -0.25) is 4.79 Å². The predicted octanol–water partition coefficient (Wildman–Crippen LogP) is 3.86. The summed E-state index contributed by atoms with van der Waals surface area (Å²) in [5.74, 6) is 1.17. The molecule has 0 fully saturated rings. The SMILES string of the molecule is Cc1ccc(OCCN2C(=O)C(C(C)C)Nc3ccccc32)cc1. The number of fused-ring (bicyclic) bond motifs is 1. The summed E-state index contributed by atoms with van der Waals surface area (Å²) < 4.78 is 5.81. The Balaban J connectivity index is 1.73. The van der Waals surface area contributed by atoms with Crippen molar-refractivity contribution in [3.05, 3.63) is 54.1 Å². The highest BCUT2D eigenvalue weighted by atomic mass is 16.5. The van der Waals surface area contributed by atoms with E-state index in [-0.39, 0.29) is 17.9 Å². The third kappa shape index (κ3) is 3.37. The number of para-hydroxylation sites is 2. The number of amides is 1. The number of anilines is 2. The molecule has 0 bridgehead atoms. The second-order valence-corrected chi connectivity index (χ2v) is 6.53. The van der Waals surface area contributed by atoms with Crippen molar-refractivity contribution in [3.63, 3.8) is 0 Å². The van der Waals surface area contributed by atoms with Crippen molar-refractivity contribution in [1.82, 2.24) is 0 Å². The van der Waals surface area contributed by atoms with Crippen LogP contribution < -0.4 is 15.0 Å². The lowest BCUT2D eigenvalue weighted by Crippen LogP contribution is -2.50. The fourth-order valence-electron chi connectivity index (χ4n) is 2.92. The third-order valence-corrected chi connectivity index (χ3v) is 4.31. The summed E-state index contributed by atoms with van der Waals surface area (Å²) in [6.45, 7) is 7.17. The Hall–Kier alpha value is -2.49. The third-order valence-electron chi connectivity index (χ3n) is 4.31. The molecular weight excluding hydrogens is 300 g/mol. The Labute approximate surface area is 143 Å². The molecule has 0 aromatic heterocycles. The van der Waals surface area contributed by atoms with Gasteiger partial charge in [0.2, 0.25) is 5.91 Å². The maximum Gasteiger partial charge on any atom is 0.249 e. The summed E-state index contributed by atoms with van der Waals surface area (Å²) in [6, 6.07) is 15.7. The van der Waals surface area contributed by atoms with Crippen molar-refractivity contribution >= 4 is 17.3 Å². The average molecular weight is 324 g/mol. The van der Waals surface area contributed by atoms with Gasteiger partial charge >= 0.3 is 0 Å². The van der Waals surface area contributed by atoms with Gasteiger partial charge in [-0.15, -0.1) is 0 Å². The topological polar surface area (TPSA) is 41.6 Å². The predicted molar refractivity (Wildman–Crippen MR) is 97.7 cm³/mol. The van der Waals surface area contributed by atoms with Gasteiger partial charge in [0, 0.05) is 0 Å². The smallest absolute Gasteiger partial charge is 0.249 e. The fraction of sp³-hybridized carbons (Fsp3) is 0.350. The Kier molecular flexibility index (Phi) is 4.74. The number of rotatable bonds is 5. The van der Waals surface area contributed by atoms with Crippen LogP contribution in [-0.4, -0.2) is 25.1 Å². The number of ether oxygens (including phenoxy) is 1. The summed E-state index contributed by atoms with van der Waals surface area (Å²) in [6.07, 6.45) is 0. The number of nitrogens with zero attached hydrogens (tertiary/aromatic N) is 1. The molecule has 4 nitrogen and oxygen atoms in total. The van der Waals surface area contributed by atoms with Crippen LogP contribution >= 0.6 is 0 Å². The maximum absolute atomic E-state index is 12.8. The molecule has 1 amide bonds. The molecule has 126 valence electrons. The minimum Gasteiger partial charge on any atom is -0.492 e. The molecule has 0 saturated carbocycles. The van der Waals surface area contributed by atoms with Gasteiger partial charge in [-0.05, 0) is 37.1 Å². The number of hydrogen-bond donors (Lipinski definition) is 1. The first-order valence-corrected chi connectivity index (χ1v) is 8.42. The lowest BCUT2D eigenvalue weighted by atomic mass is 9.99. The summed E-state index contributed by atoms with van der Waals surface area (Å²) >= 11 is 0. The van der Waals surface area contributed by atoms with E-state index in [1.165, 1.54) is 5.56 Å². The zero-order valence-corrected chi connectivity index (χ0v) is 14.5. The minimum atomic E-state index is -0.195. The van der Waals surface area contributed by atoms with Gasteiger partial charge in [0.05, 0.1) is 17.9 Å². The van der Waals surface area contributed by atoms with Gasteiger partial charge in [0.1, 0.15) is 18.4 Å². The van der Waals surface area contributed by atoms with Gasteiger partial charge in [-0.2, -0.15) is 0 Å². The van der Waals surface area contributed by atoms with Crippen molar-refractivity contribution in [3.8, 4) is 5.75 Å². The normalized spacial score (nSPS) is 16.8. The van der Waals surface area contributed by atoms with Gasteiger partial charge in [0.15, 0.2) is 0 Å². The van der Waals surface area contributed by atoms with Crippen molar-refractivity contribution in [1.29, 1.82) is 0 Å². The van der Waals surface area contributed by atoms with E-state index in [0.717, 1.165) is 17.1 Å². The van der Waals surface area contributed by atoms with Crippen LogP contribution in [0.2, 0.25) is 0 Å². The Morgan fingerprint density at radius 2 is 1.83 bits per heavy atom. The molecule has 1 heterocycles. The average Bonchev–Trinajstić information content (AvgIpc) is 2.58. The molecule has 1 N–H and O–H groups in total. The molecule has 24 heavy (non-hydrogen) atoms. The molecule has 3 rings (SSSR count). The van der Waals surface area contributed by atoms with E-state index in [0.29, 0.717) is 13.2 Å². The van der Waals surface area contributed by atoms with E-state index in [1.807, 2.05) is 60.4 Å². The summed E-state index contributed by atoms with van der Waals surface area (Å²) in [5, 5.41) is 3.36. The highest BCUT2D eigenvalue weighted by Gasteiger charge is 2.33. The van der Waals surface area contributed by atoms with Crippen molar-refractivity contribution in [2.75, 3.05) is 23.4 Å². The molecule has 1 aliphatic rings. The Bertz CT molecular complexity index is 710. The zero-order valence-electron chi connectivity index (χ0n) is 14.5. The van der Waals surface area contributed by atoms with Crippen LogP contribution in [0.3, 0.4) is 0 Å². The second-order valence-electron chi connectivity index (χ2n) is 6.53. The minimum absolute atomic E-state index is 0.108. The van der Waals surface area contributed by atoms with Crippen LogP contribution in [0.1, 0.15) is 19.4 Å². The Morgan fingerprint density at radius 1 is 1.12 bits per heavy atom. The molecule has 0 spiro atoms. The zero-order chi connectivity index (χ0) is 17.1. The quantitative estimate of drug-likeness (QED) is 0.908. The van der Waals surface area contributed by atoms with Crippen molar-refractivity contribution < 1.29 is 9.53 Å². The van der Waals surface area contributed by atoms with Crippen molar-refractivity contribution in [2.45, 2.75) is 26.8 Å². The molecule has 1 aliphatic heterocycles. The first-order valence-electron chi connectivity index (χ1n) is 8.42. The fourth-order valence-corrected chi connectivity index (χ4v) is 2.92. The van der Waals surface area contributed by atoms with Crippen LogP contribution in [-0.2, 0) is 4.79 Å². The summed E-state index contributed by atoms with van der Waals surface area (Å²) in [4.78, 5) is 14.7. The van der Waals surface area contributed by atoms with E-state index >= 15 is 0 Å². The lowest BCUT2D eigenvalue weighted by Gasteiger charge is -2.37.